The van der Waals surface area contributed by atoms with Gasteiger partial charge in [-0.2, -0.15) is 0 Å². The maximum Gasteiger partial charge on any atom is 0.177 e. The van der Waals surface area contributed by atoms with Gasteiger partial charge in [0.2, 0.25) is 0 Å². The Morgan fingerprint density at radius 2 is 2.14 bits per heavy atom. The molecular weight excluding hydrogens is 264 g/mol. The molecule has 0 aromatic carbocycles. The molecule has 0 amide bonds. The molecule has 4 rings (SSSR count). The number of fused-ring (bicyclic) bond motifs is 1. The SMILES string of the molecule is Cc1noc(C)c1-c1cnc2ncn(CC3CCC3)c2c1. The van der Waals surface area contributed by atoms with Crippen LogP contribution in [0.2, 0.25) is 0 Å². The minimum Gasteiger partial charge on any atom is -0.361 e. The molecule has 0 bridgehead atoms. The van der Waals surface area contributed by atoms with Gasteiger partial charge in [-0.3, -0.25) is 0 Å². The van der Waals surface area contributed by atoms with E-state index in [4.69, 9.17) is 4.52 Å². The summed E-state index contributed by atoms with van der Waals surface area (Å²) in [6.45, 7) is 4.94. The molecule has 1 fully saturated rings. The molecule has 3 aromatic rings. The van der Waals surface area contributed by atoms with Crippen molar-refractivity contribution in [3.63, 3.8) is 0 Å². The van der Waals surface area contributed by atoms with Crippen molar-refractivity contribution in [3.05, 3.63) is 30.0 Å². The third kappa shape index (κ3) is 2.04. The molecule has 3 aromatic heterocycles. The van der Waals surface area contributed by atoms with E-state index in [0.717, 1.165) is 46.2 Å². The zero-order valence-electron chi connectivity index (χ0n) is 12.3. The highest BCUT2D eigenvalue weighted by Gasteiger charge is 2.19. The second-order valence-corrected chi connectivity index (χ2v) is 5.96. The Hall–Kier alpha value is -2.17. The molecule has 0 saturated heterocycles. The summed E-state index contributed by atoms with van der Waals surface area (Å²) in [5.74, 6) is 1.63. The first kappa shape index (κ1) is 12.6. The Kier molecular flexibility index (Phi) is 2.80. The van der Waals surface area contributed by atoms with E-state index in [1.54, 1.807) is 0 Å². The van der Waals surface area contributed by atoms with Gasteiger partial charge in [-0.05, 0) is 38.7 Å². The van der Waals surface area contributed by atoms with Crippen LogP contribution < -0.4 is 0 Å². The van der Waals surface area contributed by atoms with Crippen LogP contribution in [-0.4, -0.2) is 19.7 Å². The van der Waals surface area contributed by atoms with E-state index in [-0.39, 0.29) is 0 Å². The van der Waals surface area contributed by atoms with Crippen molar-refractivity contribution in [2.45, 2.75) is 39.7 Å². The second kappa shape index (κ2) is 4.69. The molecule has 3 heterocycles. The normalized spacial score (nSPS) is 15.5. The minimum atomic E-state index is 0.796. The quantitative estimate of drug-likeness (QED) is 0.737. The van der Waals surface area contributed by atoms with Gasteiger partial charge >= 0.3 is 0 Å². The third-order valence-electron chi connectivity index (χ3n) is 4.48. The summed E-state index contributed by atoms with van der Waals surface area (Å²) in [6.07, 6.45) is 7.79. The van der Waals surface area contributed by atoms with Crippen LogP contribution in [0.4, 0.5) is 0 Å². The molecule has 108 valence electrons. The molecule has 0 unspecified atom stereocenters. The largest absolute Gasteiger partial charge is 0.361 e. The predicted octanol–water partition coefficient (Wildman–Crippen LogP) is 3.50. The van der Waals surface area contributed by atoms with Crippen LogP contribution in [0.25, 0.3) is 22.3 Å². The molecule has 0 radical (unpaired) electrons. The summed E-state index contributed by atoms with van der Waals surface area (Å²) in [6, 6.07) is 2.15. The van der Waals surface area contributed by atoms with Crippen molar-refractivity contribution < 1.29 is 4.52 Å². The Morgan fingerprint density at radius 1 is 1.29 bits per heavy atom. The van der Waals surface area contributed by atoms with Crippen LogP contribution in [0.1, 0.15) is 30.7 Å². The Balaban J connectivity index is 1.79. The number of aryl methyl sites for hydroxylation is 2. The van der Waals surface area contributed by atoms with E-state index in [1.165, 1.54) is 19.3 Å². The first-order valence-corrected chi connectivity index (χ1v) is 7.46. The number of nitrogens with zero attached hydrogens (tertiary/aromatic N) is 4. The van der Waals surface area contributed by atoms with Gasteiger partial charge in [-0.1, -0.05) is 11.6 Å². The van der Waals surface area contributed by atoms with Crippen LogP contribution in [-0.2, 0) is 6.54 Å². The number of aromatic nitrogens is 4. The summed E-state index contributed by atoms with van der Waals surface area (Å²) in [5, 5.41) is 4.03. The summed E-state index contributed by atoms with van der Waals surface area (Å²) in [4.78, 5) is 8.90. The molecule has 0 spiro atoms. The zero-order valence-corrected chi connectivity index (χ0v) is 12.3. The summed E-state index contributed by atoms with van der Waals surface area (Å²) in [7, 11) is 0. The monoisotopic (exact) mass is 282 g/mol. The van der Waals surface area contributed by atoms with Crippen molar-refractivity contribution >= 4 is 11.2 Å². The molecule has 21 heavy (non-hydrogen) atoms. The Morgan fingerprint density at radius 3 is 2.81 bits per heavy atom. The smallest absolute Gasteiger partial charge is 0.177 e. The lowest BCUT2D eigenvalue weighted by Gasteiger charge is -2.25. The third-order valence-corrected chi connectivity index (χ3v) is 4.48. The predicted molar refractivity (Wildman–Crippen MR) is 79.8 cm³/mol. The van der Waals surface area contributed by atoms with Crippen LogP contribution in [0, 0.1) is 19.8 Å². The van der Waals surface area contributed by atoms with Crippen molar-refractivity contribution in [3.8, 4) is 11.1 Å². The molecular formula is C16H18N4O. The first-order chi connectivity index (χ1) is 10.2. The van der Waals surface area contributed by atoms with Crippen molar-refractivity contribution in [1.29, 1.82) is 0 Å². The van der Waals surface area contributed by atoms with Crippen LogP contribution in [0.15, 0.2) is 23.1 Å². The van der Waals surface area contributed by atoms with E-state index in [1.807, 2.05) is 26.4 Å². The van der Waals surface area contributed by atoms with Crippen molar-refractivity contribution in [1.82, 2.24) is 19.7 Å². The fraction of sp³-hybridized carbons (Fsp3) is 0.438. The van der Waals surface area contributed by atoms with E-state index >= 15 is 0 Å². The standard InChI is InChI=1S/C16H18N4O/c1-10-15(11(2)21-19-10)13-6-14-16(17-7-13)18-9-20(14)8-12-4-3-5-12/h6-7,9,12H,3-5,8H2,1-2H3. The lowest BCUT2D eigenvalue weighted by Crippen LogP contribution is -2.17. The lowest BCUT2D eigenvalue weighted by molar-refractivity contribution is 0.279. The van der Waals surface area contributed by atoms with E-state index < -0.39 is 0 Å². The zero-order chi connectivity index (χ0) is 14.4. The molecule has 0 N–H and O–H groups in total. The average molecular weight is 282 g/mol. The fourth-order valence-corrected chi connectivity index (χ4v) is 3.07. The Bertz CT molecular complexity index is 778. The summed E-state index contributed by atoms with van der Waals surface area (Å²) in [5.41, 5.74) is 4.90. The van der Waals surface area contributed by atoms with E-state index in [2.05, 4.69) is 25.8 Å². The maximum atomic E-state index is 5.26. The maximum absolute atomic E-state index is 5.26. The van der Waals surface area contributed by atoms with Gasteiger partial charge in [-0.15, -0.1) is 0 Å². The van der Waals surface area contributed by atoms with Crippen LogP contribution in [0.3, 0.4) is 0 Å². The first-order valence-electron chi connectivity index (χ1n) is 7.46. The number of imidazole rings is 1. The van der Waals surface area contributed by atoms with Gasteiger partial charge in [0, 0.05) is 23.9 Å². The van der Waals surface area contributed by atoms with Gasteiger partial charge in [0.25, 0.3) is 0 Å². The fourth-order valence-electron chi connectivity index (χ4n) is 3.07. The highest BCUT2D eigenvalue weighted by Crippen LogP contribution is 2.31. The van der Waals surface area contributed by atoms with Gasteiger partial charge in [0.05, 0.1) is 17.5 Å². The summed E-state index contributed by atoms with van der Waals surface area (Å²) < 4.78 is 7.49. The molecule has 0 atom stereocenters. The van der Waals surface area contributed by atoms with E-state index in [0.29, 0.717) is 0 Å². The van der Waals surface area contributed by atoms with Crippen molar-refractivity contribution in [2.24, 2.45) is 5.92 Å². The molecule has 1 saturated carbocycles. The number of hydrogen-bond acceptors (Lipinski definition) is 4. The number of rotatable bonds is 3. The topological polar surface area (TPSA) is 56.7 Å². The average Bonchev–Trinajstić information content (AvgIpc) is 2.97. The van der Waals surface area contributed by atoms with Gasteiger partial charge in [0.1, 0.15) is 5.76 Å². The number of pyridine rings is 1. The second-order valence-electron chi connectivity index (χ2n) is 5.96. The number of hydrogen-bond donors (Lipinski definition) is 0. The minimum absolute atomic E-state index is 0.796. The molecule has 1 aliphatic carbocycles. The summed E-state index contributed by atoms with van der Waals surface area (Å²) >= 11 is 0. The molecule has 1 aliphatic rings. The van der Waals surface area contributed by atoms with Crippen molar-refractivity contribution in [2.75, 3.05) is 0 Å². The van der Waals surface area contributed by atoms with Gasteiger partial charge in [0.15, 0.2) is 5.65 Å². The van der Waals surface area contributed by atoms with Gasteiger partial charge in [-0.25, -0.2) is 9.97 Å². The Labute approximate surface area is 123 Å². The molecule has 5 nitrogen and oxygen atoms in total. The van der Waals surface area contributed by atoms with Crippen LogP contribution in [0.5, 0.6) is 0 Å². The van der Waals surface area contributed by atoms with E-state index in [9.17, 15) is 0 Å². The van der Waals surface area contributed by atoms with Crippen LogP contribution >= 0.6 is 0 Å². The lowest BCUT2D eigenvalue weighted by atomic mass is 9.85. The molecule has 0 aliphatic heterocycles. The van der Waals surface area contributed by atoms with Gasteiger partial charge < -0.3 is 9.09 Å². The highest BCUT2D eigenvalue weighted by atomic mass is 16.5. The highest BCUT2D eigenvalue weighted by molar-refractivity contribution is 5.79. The molecule has 5 heteroatoms.